The Kier molecular flexibility index (Phi) is 6.37. The number of nitrogens with one attached hydrogen (secondary N) is 1. The molecule has 0 radical (unpaired) electrons. The highest BCUT2D eigenvalue weighted by Gasteiger charge is 2.26. The van der Waals surface area contributed by atoms with Crippen LogP contribution >= 0.6 is 23.4 Å². The maximum Gasteiger partial charge on any atom is 0.251 e. The fraction of sp³-hybridized carbons (Fsp3) is 0.625. The third-order valence-corrected chi connectivity index (χ3v) is 5.16. The van der Waals surface area contributed by atoms with Crippen LogP contribution in [0.5, 0.6) is 0 Å². The average Bonchev–Trinajstić information content (AvgIpc) is 2.86. The first-order chi connectivity index (χ1) is 10.1. The molecule has 3 nitrogen and oxygen atoms in total. The molecule has 2 rings (SSSR count). The number of pyridine rings is 1. The van der Waals surface area contributed by atoms with E-state index in [1.54, 1.807) is 6.07 Å². The maximum absolute atomic E-state index is 12.4. The van der Waals surface area contributed by atoms with E-state index >= 15 is 0 Å². The van der Waals surface area contributed by atoms with Crippen LogP contribution < -0.4 is 5.32 Å². The zero-order valence-corrected chi connectivity index (χ0v) is 14.3. The van der Waals surface area contributed by atoms with E-state index < -0.39 is 0 Å². The van der Waals surface area contributed by atoms with E-state index in [1.807, 2.05) is 17.8 Å². The van der Waals surface area contributed by atoms with Crippen molar-refractivity contribution in [3.8, 4) is 0 Å². The summed E-state index contributed by atoms with van der Waals surface area (Å²) in [5.74, 6) is 1.12. The summed E-state index contributed by atoms with van der Waals surface area (Å²) < 4.78 is 0. The van der Waals surface area contributed by atoms with Gasteiger partial charge < -0.3 is 5.32 Å². The molecule has 116 valence electrons. The van der Waals surface area contributed by atoms with E-state index in [4.69, 9.17) is 11.6 Å². The monoisotopic (exact) mass is 326 g/mol. The molecule has 1 N–H and O–H groups in total. The second-order valence-corrected chi connectivity index (χ2v) is 7.45. The van der Waals surface area contributed by atoms with Gasteiger partial charge in [0.05, 0.1) is 0 Å². The van der Waals surface area contributed by atoms with E-state index in [0.29, 0.717) is 22.0 Å². The van der Waals surface area contributed by atoms with Gasteiger partial charge in [0.1, 0.15) is 5.15 Å². The Morgan fingerprint density at radius 3 is 2.95 bits per heavy atom. The van der Waals surface area contributed by atoms with Gasteiger partial charge in [-0.3, -0.25) is 4.79 Å². The van der Waals surface area contributed by atoms with Crippen LogP contribution in [0.15, 0.2) is 12.1 Å². The Labute approximate surface area is 136 Å². The van der Waals surface area contributed by atoms with Gasteiger partial charge in [-0.1, -0.05) is 31.9 Å². The number of nitrogens with zero attached hydrogens (tertiary/aromatic N) is 1. The summed E-state index contributed by atoms with van der Waals surface area (Å²) in [4.78, 5) is 16.6. The first-order valence-electron chi connectivity index (χ1n) is 7.71. The van der Waals surface area contributed by atoms with Crippen molar-refractivity contribution in [2.45, 2.75) is 57.2 Å². The zero-order chi connectivity index (χ0) is 15.2. The largest absolute Gasteiger partial charge is 0.349 e. The third-order valence-electron chi connectivity index (χ3n) is 3.74. The smallest absolute Gasteiger partial charge is 0.251 e. The SMILES string of the molecule is CCCc1cc(C(=O)NC2CCC(SCC)C2)cc(Cl)n1. The van der Waals surface area contributed by atoms with Gasteiger partial charge in [0.25, 0.3) is 5.91 Å². The molecule has 2 atom stereocenters. The molecule has 1 heterocycles. The van der Waals surface area contributed by atoms with Gasteiger partial charge in [0.15, 0.2) is 0 Å². The zero-order valence-electron chi connectivity index (χ0n) is 12.7. The minimum Gasteiger partial charge on any atom is -0.349 e. The Balaban J connectivity index is 1.97. The van der Waals surface area contributed by atoms with E-state index in [-0.39, 0.29) is 5.91 Å². The quantitative estimate of drug-likeness (QED) is 0.800. The molecule has 0 aromatic carbocycles. The molecule has 2 unspecified atom stereocenters. The van der Waals surface area contributed by atoms with Gasteiger partial charge in [-0.25, -0.2) is 4.98 Å². The molecular weight excluding hydrogens is 304 g/mol. The van der Waals surface area contributed by atoms with Crippen LogP contribution in [-0.4, -0.2) is 27.9 Å². The van der Waals surface area contributed by atoms with Crippen LogP contribution in [0.25, 0.3) is 0 Å². The lowest BCUT2D eigenvalue weighted by molar-refractivity contribution is 0.0937. The normalized spacial score (nSPS) is 21.5. The van der Waals surface area contributed by atoms with Crippen molar-refractivity contribution in [2.24, 2.45) is 0 Å². The first kappa shape index (κ1) is 16.6. The summed E-state index contributed by atoms with van der Waals surface area (Å²) in [5, 5.41) is 4.23. The standard InChI is InChI=1S/C16H23ClN2OS/c1-3-5-12-8-11(9-15(17)18-12)16(20)19-13-6-7-14(10-13)21-4-2/h8-9,13-14H,3-7,10H2,1-2H3,(H,19,20). The predicted octanol–water partition coefficient (Wildman–Crippen LogP) is 4.09. The molecule has 1 saturated carbocycles. The number of aryl methyl sites for hydroxylation is 1. The Bertz CT molecular complexity index is 495. The van der Waals surface area contributed by atoms with Gasteiger partial charge >= 0.3 is 0 Å². The number of carbonyl (C=O) groups excluding carboxylic acids is 1. The van der Waals surface area contributed by atoms with Crippen LogP contribution in [0.3, 0.4) is 0 Å². The van der Waals surface area contributed by atoms with Crippen LogP contribution in [0.1, 0.15) is 55.6 Å². The van der Waals surface area contributed by atoms with Gasteiger partial charge in [-0.15, -0.1) is 0 Å². The second-order valence-electron chi connectivity index (χ2n) is 5.48. The van der Waals surface area contributed by atoms with Crippen molar-refractivity contribution in [3.63, 3.8) is 0 Å². The Hall–Kier alpha value is -0.740. The van der Waals surface area contributed by atoms with E-state index in [2.05, 4.69) is 24.1 Å². The summed E-state index contributed by atoms with van der Waals surface area (Å²) in [6, 6.07) is 3.81. The molecule has 1 aromatic rings. The lowest BCUT2D eigenvalue weighted by Gasteiger charge is -2.14. The molecule has 5 heteroatoms. The summed E-state index contributed by atoms with van der Waals surface area (Å²) in [5.41, 5.74) is 1.52. The molecule has 1 aliphatic carbocycles. The van der Waals surface area contributed by atoms with Crippen molar-refractivity contribution in [1.82, 2.24) is 10.3 Å². The maximum atomic E-state index is 12.4. The summed E-state index contributed by atoms with van der Waals surface area (Å²) >= 11 is 8.01. The molecule has 0 aliphatic heterocycles. The summed E-state index contributed by atoms with van der Waals surface area (Å²) in [7, 11) is 0. The number of aromatic nitrogens is 1. The molecule has 1 aliphatic rings. The fourth-order valence-electron chi connectivity index (χ4n) is 2.79. The fourth-order valence-corrected chi connectivity index (χ4v) is 4.16. The van der Waals surface area contributed by atoms with Crippen molar-refractivity contribution >= 4 is 29.3 Å². The van der Waals surface area contributed by atoms with Crippen LogP contribution in [0, 0.1) is 0 Å². The minimum absolute atomic E-state index is 0.0243. The van der Waals surface area contributed by atoms with E-state index in [1.165, 1.54) is 6.42 Å². The highest BCUT2D eigenvalue weighted by molar-refractivity contribution is 7.99. The van der Waals surface area contributed by atoms with Crippen LogP contribution in [0.2, 0.25) is 5.15 Å². The molecule has 1 aromatic heterocycles. The van der Waals surface area contributed by atoms with Crippen molar-refractivity contribution in [2.75, 3.05) is 5.75 Å². The predicted molar refractivity (Wildman–Crippen MR) is 90.3 cm³/mol. The van der Waals surface area contributed by atoms with E-state index in [0.717, 1.165) is 37.1 Å². The average molecular weight is 327 g/mol. The van der Waals surface area contributed by atoms with Crippen LogP contribution in [0.4, 0.5) is 0 Å². The number of halogens is 1. The van der Waals surface area contributed by atoms with Crippen molar-refractivity contribution in [1.29, 1.82) is 0 Å². The van der Waals surface area contributed by atoms with Crippen molar-refractivity contribution < 1.29 is 4.79 Å². The van der Waals surface area contributed by atoms with E-state index in [9.17, 15) is 4.79 Å². The van der Waals surface area contributed by atoms with Crippen molar-refractivity contribution in [3.05, 3.63) is 28.5 Å². The van der Waals surface area contributed by atoms with Gasteiger partial charge in [-0.2, -0.15) is 11.8 Å². The molecule has 0 saturated heterocycles. The summed E-state index contributed by atoms with van der Waals surface area (Å²) in [6.07, 6.45) is 5.18. The summed E-state index contributed by atoms with van der Waals surface area (Å²) in [6.45, 7) is 4.27. The number of rotatable bonds is 6. The first-order valence-corrected chi connectivity index (χ1v) is 9.14. The number of carbonyl (C=O) groups is 1. The molecule has 1 amide bonds. The van der Waals surface area contributed by atoms with Gasteiger partial charge in [0.2, 0.25) is 0 Å². The lowest BCUT2D eigenvalue weighted by atomic mass is 10.1. The Morgan fingerprint density at radius 2 is 2.24 bits per heavy atom. The number of hydrogen-bond acceptors (Lipinski definition) is 3. The number of thioether (sulfide) groups is 1. The number of hydrogen-bond donors (Lipinski definition) is 1. The third kappa shape index (κ3) is 4.89. The second kappa shape index (κ2) is 8.04. The topological polar surface area (TPSA) is 42.0 Å². The number of amides is 1. The molecular formula is C16H23ClN2OS. The highest BCUT2D eigenvalue weighted by atomic mass is 35.5. The Morgan fingerprint density at radius 1 is 1.43 bits per heavy atom. The molecule has 0 spiro atoms. The lowest BCUT2D eigenvalue weighted by Crippen LogP contribution is -2.33. The van der Waals surface area contributed by atoms with Gasteiger partial charge in [-0.05, 0) is 43.6 Å². The molecule has 1 fully saturated rings. The highest BCUT2D eigenvalue weighted by Crippen LogP contribution is 2.29. The molecule has 0 bridgehead atoms. The van der Waals surface area contributed by atoms with Gasteiger partial charge in [0, 0.05) is 22.5 Å². The molecule has 21 heavy (non-hydrogen) atoms. The minimum atomic E-state index is -0.0243. The van der Waals surface area contributed by atoms with Crippen LogP contribution in [-0.2, 0) is 6.42 Å².